The third kappa shape index (κ3) is 3.65. The fraction of sp³-hybridized carbons (Fsp3) is 0.385. The molecule has 0 radical (unpaired) electrons. The van der Waals surface area contributed by atoms with Gasteiger partial charge in [-0.25, -0.2) is 4.98 Å². The number of aliphatic hydroxyl groups is 1. The lowest BCUT2D eigenvalue weighted by molar-refractivity contribution is 0.0715. The van der Waals surface area contributed by atoms with E-state index in [1.165, 1.54) is 11.5 Å². The molecule has 0 fully saturated rings. The van der Waals surface area contributed by atoms with Crippen LogP contribution in [0.5, 0.6) is 0 Å². The van der Waals surface area contributed by atoms with Crippen molar-refractivity contribution in [3.63, 3.8) is 0 Å². The molecule has 102 valence electrons. The Morgan fingerprint density at radius 3 is 2.89 bits per heavy atom. The molecular weight excluding hydrogens is 282 g/mol. The first-order valence-electron chi connectivity index (χ1n) is 6.06. The number of nitrogens with zero attached hydrogens (tertiary/aromatic N) is 2. The fourth-order valence-electron chi connectivity index (χ4n) is 1.64. The van der Waals surface area contributed by atoms with Crippen molar-refractivity contribution in [1.29, 1.82) is 0 Å². The second kappa shape index (κ2) is 5.86. The van der Waals surface area contributed by atoms with Crippen LogP contribution in [0.25, 0.3) is 0 Å². The molecule has 1 aromatic heterocycles. The molecule has 1 unspecified atom stereocenters. The van der Waals surface area contributed by atoms with Crippen LogP contribution in [-0.2, 0) is 12.0 Å². The van der Waals surface area contributed by atoms with E-state index in [2.05, 4.69) is 14.7 Å². The maximum Gasteiger partial charge on any atom is 0.202 e. The maximum atomic E-state index is 10.5. The van der Waals surface area contributed by atoms with E-state index in [0.717, 1.165) is 22.9 Å². The molecule has 1 aromatic carbocycles. The summed E-state index contributed by atoms with van der Waals surface area (Å²) in [5, 5.41) is 14.9. The van der Waals surface area contributed by atoms with E-state index in [-0.39, 0.29) is 0 Å². The minimum absolute atomic E-state index is 0.353. The van der Waals surface area contributed by atoms with Gasteiger partial charge in [0.25, 0.3) is 0 Å². The van der Waals surface area contributed by atoms with E-state index in [4.69, 9.17) is 11.6 Å². The molecule has 0 amide bonds. The fourth-order valence-corrected chi connectivity index (χ4v) is 2.48. The van der Waals surface area contributed by atoms with Crippen molar-refractivity contribution in [2.24, 2.45) is 0 Å². The van der Waals surface area contributed by atoms with Gasteiger partial charge in [-0.15, -0.1) is 0 Å². The molecule has 0 saturated heterocycles. The Balaban J connectivity index is 2.04. The molecule has 0 spiro atoms. The zero-order chi connectivity index (χ0) is 13.9. The van der Waals surface area contributed by atoms with Gasteiger partial charge in [0.15, 0.2) is 0 Å². The Labute approximate surface area is 121 Å². The van der Waals surface area contributed by atoms with Gasteiger partial charge in [-0.1, -0.05) is 30.7 Å². The van der Waals surface area contributed by atoms with Crippen molar-refractivity contribution >= 4 is 28.3 Å². The van der Waals surface area contributed by atoms with Crippen molar-refractivity contribution in [3.05, 3.63) is 40.7 Å². The minimum Gasteiger partial charge on any atom is -0.384 e. The highest BCUT2D eigenvalue weighted by molar-refractivity contribution is 7.09. The second-order valence-corrected chi connectivity index (χ2v) is 5.70. The smallest absolute Gasteiger partial charge is 0.202 e. The highest BCUT2D eigenvalue weighted by Crippen LogP contribution is 2.24. The molecule has 0 aliphatic heterocycles. The summed E-state index contributed by atoms with van der Waals surface area (Å²) in [5.74, 6) is 0.815. The van der Waals surface area contributed by atoms with Gasteiger partial charge in [-0.05, 0) is 24.6 Å². The molecule has 0 saturated carbocycles. The van der Waals surface area contributed by atoms with E-state index in [9.17, 15) is 5.11 Å². The molecule has 2 rings (SSSR count). The number of nitrogens with one attached hydrogen (secondary N) is 1. The van der Waals surface area contributed by atoms with Gasteiger partial charge in [0, 0.05) is 29.5 Å². The Bertz CT molecular complexity index is 556. The zero-order valence-electron chi connectivity index (χ0n) is 10.9. The number of benzene rings is 1. The highest BCUT2D eigenvalue weighted by atomic mass is 35.5. The van der Waals surface area contributed by atoms with Crippen LogP contribution in [0.3, 0.4) is 0 Å². The van der Waals surface area contributed by atoms with Crippen molar-refractivity contribution in [3.8, 4) is 0 Å². The molecular formula is C13H16ClN3OS. The van der Waals surface area contributed by atoms with E-state index < -0.39 is 5.60 Å². The summed E-state index contributed by atoms with van der Waals surface area (Å²) in [6.45, 7) is 4.10. The summed E-state index contributed by atoms with van der Waals surface area (Å²) in [4.78, 5) is 4.30. The normalized spacial score (nSPS) is 14.1. The molecule has 6 heteroatoms. The predicted molar refractivity (Wildman–Crippen MR) is 78.8 cm³/mol. The SMILES string of the molecule is CCc1nsc(NCC(C)(O)c2cccc(Cl)c2)n1. The summed E-state index contributed by atoms with van der Waals surface area (Å²) in [5.41, 5.74) is -0.240. The van der Waals surface area contributed by atoms with Gasteiger partial charge < -0.3 is 10.4 Å². The molecule has 0 bridgehead atoms. The van der Waals surface area contributed by atoms with Crippen LogP contribution >= 0.6 is 23.1 Å². The summed E-state index contributed by atoms with van der Waals surface area (Å²) >= 11 is 7.24. The number of aryl methyl sites for hydroxylation is 1. The van der Waals surface area contributed by atoms with Gasteiger partial charge >= 0.3 is 0 Å². The Morgan fingerprint density at radius 2 is 2.26 bits per heavy atom. The first-order valence-corrected chi connectivity index (χ1v) is 7.21. The topological polar surface area (TPSA) is 58.0 Å². The lowest BCUT2D eigenvalue weighted by atomic mass is 9.96. The van der Waals surface area contributed by atoms with Crippen LogP contribution in [-0.4, -0.2) is 21.0 Å². The van der Waals surface area contributed by atoms with Crippen LogP contribution in [0.1, 0.15) is 25.2 Å². The number of aromatic nitrogens is 2. The predicted octanol–water partition coefficient (Wildman–Crippen LogP) is 3.07. The van der Waals surface area contributed by atoms with Gasteiger partial charge in [0.1, 0.15) is 11.4 Å². The van der Waals surface area contributed by atoms with Crippen molar-refractivity contribution in [1.82, 2.24) is 9.36 Å². The Hall–Kier alpha value is -1.17. The average molecular weight is 298 g/mol. The first kappa shape index (κ1) is 14.2. The number of hydrogen-bond acceptors (Lipinski definition) is 5. The summed E-state index contributed by atoms with van der Waals surface area (Å²) in [7, 11) is 0. The average Bonchev–Trinajstić information content (AvgIpc) is 2.84. The highest BCUT2D eigenvalue weighted by Gasteiger charge is 2.23. The minimum atomic E-state index is -1.01. The number of hydrogen-bond donors (Lipinski definition) is 2. The van der Waals surface area contributed by atoms with Gasteiger partial charge in [-0.2, -0.15) is 4.37 Å². The number of rotatable bonds is 5. The van der Waals surface area contributed by atoms with Gasteiger partial charge in [0.05, 0.1) is 0 Å². The van der Waals surface area contributed by atoms with E-state index in [0.29, 0.717) is 11.6 Å². The number of anilines is 1. The van der Waals surface area contributed by atoms with Crippen molar-refractivity contribution < 1.29 is 5.11 Å². The monoisotopic (exact) mass is 297 g/mol. The number of halogens is 1. The standard InChI is InChI=1S/C13H16ClN3OS/c1-3-11-16-12(19-17-11)15-8-13(2,18)9-5-4-6-10(14)7-9/h4-7,18H,3,8H2,1-2H3,(H,15,16,17). The van der Waals surface area contributed by atoms with E-state index >= 15 is 0 Å². The van der Waals surface area contributed by atoms with Crippen LogP contribution in [0.2, 0.25) is 5.02 Å². The molecule has 2 aromatic rings. The molecule has 2 N–H and O–H groups in total. The molecule has 19 heavy (non-hydrogen) atoms. The maximum absolute atomic E-state index is 10.5. The second-order valence-electron chi connectivity index (χ2n) is 4.51. The quantitative estimate of drug-likeness (QED) is 0.890. The lowest BCUT2D eigenvalue weighted by Gasteiger charge is -2.24. The Morgan fingerprint density at radius 1 is 1.47 bits per heavy atom. The Kier molecular flexibility index (Phi) is 4.39. The molecule has 1 atom stereocenters. The molecule has 0 aliphatic carbocycles. The van der Waals surface area contributed by atoms with Crippen molar-refractivity contribution in [2.45, 2.75) is 25.9 Å². The van der Waals surface area contributed by atoms with Crippen LogP contribution < -0.4 is 5.32 Å². The zero-order valence-corrected chi connectivity index (χ0v) is 12.4. The van der Waals surface area contributed by atoms with Gasteiger partial charge in [0.2, 0.25) is 5.13 Å². The summed E-state index contributed by atoms with van der Waals surface area (Å²) in [6, 6.07) is 7.23. The van der Waals surface area contributed by atoms with Crippen LogP contribution in [0.4, 0.5) is 5.13 Å². The van der Waals surface area contributed by atoms with E-state index in [1.54, 1.807) is 19.1 Å². The summed E-state index contributed by atoms with van der Waals surface area (Å²) in [6.07, 6.45) is 0.808. The largest absolute Gasteiger partial charge is 0.384 e. The van der Waals surface area contributed by atoms with Crippen LogP contribution in [0.15, 0.2) is 24.3 Å². The lowest BCUT2D eigenvalue weighted by Crippen LogP contribution is -2.30. The first-order chi connectivity index (χ1) is 9.01. The van der Waals surface area contributed by atoms with Crippen molar-refractivity contribution in [2.75, 3.05) is 11.9 Å². The third-order valence-electron chi connectivity index (χ3n) is 2.81. The van der Waals surface area contributed by atoms with Gasteiger partial charge in [-0.3, -0.25) is 0 Å². The van der Waals surface area contributed by atoms with Crippen LogP contribution in [0, 0.1) is 0 Å². The molecule has 0 aliphatic rings. The van der Waals surface area contributed by atoms with E-state index in [1.807, 2.05) is 19.1 Å². The summed E-state index contributed by atoms with van der Waals surface area (Å²) < 4.78 is 4.19. The third-order valence-corrected chi connectivity index (χ3v) is 3.76. The molecule has 1 heterocycles. The molecule has 4 nitrogen and oxygen atoms in total.